The molecule has 2 heterocycles. The van der Waals surface area contributed by atoms with Crippen molar-refractivity contribution >= 4 is 16.9 Å². The Morgan fingerprint density at radius 1 is 1.30 bits per heavy atom. The maximum atomic E-state index is 11.6. The maximum absolute atomic E-state index is 11.6. The van der Waals surface area contributed by atoms with Gasteiger partial charge < -0.3 is 34.3 Å². The van der Waals surface area contributed by atoms with Crippen LogP contribution in [0, 0.1) is 6.92 Å². The minimum absolute atomic E-state index is 0.241. The molecular formula is C18H20NO8-. The Balaban J connectivity index is 1.94. The highest BCUT2D eigenvalue weighted by Crippen LogP contribution is 2.28. The molecule has 0 spiro atoms. The van der Waals surface area contributed by atoms with Crippen LogP contribution in [0.4, 0.5) is 0 Å². The molecule has 2 aromatic rings. The summed E-state index contributed by atoms with van der Waals surface area (Å²) in [6.45, 7) is 2.41. The monoisotopic (exact) mass is 378 g/mol. The van der Waals surface area contributed by atoms with Gasteiger partial charge in [0.15, 0.2) is 0 Å². The van der Waals surface area contributed by atoms with E-state index in [0.29, 0.717) is 5.58 Å². The number of nitrogens with zero attached hydrogens (tertiary/aromatic N) is 1. The third-order valence-corrected chi connectivity index (χ3v) is 4.35. The zero-order chi connectivity index (χ0) is 19.7. The first kappa shape index (κ1) is 19.3. The number of aryl methyl sites for hydroxylation is 1. The molecule has 0 aliphatic carbocycles. The highest BCUT2D eigenvalue weighted by molar-refractivity contribution is 5.81. The van der Waals surface area contributed by atoms with Crippen molar-refractivity contribution in [1.29, 1.82) is 0 Å². The zero-order valence-corrected chi connectivity index (χ0v) is 14.7. The third kappa shape index (κ3) is 3.96. The third-order valence-electron chi connectivity index (χ3n) is 4.35. The summed E-state index contributed by atoms with van der Waals surface area (Å²) >= 11 is 0. The lowest BCUT2D eigenvalue weighted by Gasteiger charge is -2.40. The fourth-order valence-electron chi connectivity index (χ4n) is 3.02. The Labute approximate surface area is 154 Å². The molecule has 1 aromatic heterocycles. The molecular weight excluding hydrogens is 358 g/mol. The van der Waals surface area contributed by atoms with Crippen LogP contribution in [0.3, 0.4) is 0 Å². The molecule has 1 aliphatic rings. The second kappa shape index (κ2) is 7.65. The number of hydrogen-bond donors (Lipinski definition) is 3. The van der Waals surface area contributed by atoms with Gasteiger partial charge in [0.25, 0.3) is 0 Å². The number of ether oxygens (including phenoxy) is 2. The van der Waals surface area contributed by atoms with E-state index in [1.807, 2.05) is 0 Å². The summed E-state index contributed by atoms with van der Waals surface area (Å²) in [7, 11) is 0. The van der Waals surface area contributed by atoms with Gasteiger partial charge in [0.2, 0.25) is 6.29 Å². The van der Waals surface area contributed by atoms with E-state index >= 15 is 0 Å². The highest BCUT2D eigenvalue weighted by Gasteiger charge is 2.45. The lowest BCUT2D eigenvalue weighted by atomic mass is 9.97. The van der Waals surface area contributed by atoms with Gasteiger partial charge in [-0.05, 0) is 37.4 Å². The zero-order valence-electron chi connectivity index (χ0n) is 14.7. The van der Waals surface area contributed by atoms with Crippen LogP contribution in [0.25, 0.3) is 11.0 Å². The summed E-state index contributed by atoms with van der Waals surface area (Å²) in [4.78, 5) is 15.3. The molecule has 0 bridgehead atoms. The van der Waals surface area contributed by atoms with Crippen LogP contribution in [-0.4, -0.2) is 58.5 Å². The first-order chi connectivity index (χ1) is 12.8. The van der Waals surface area contributed by atoms with E-state index in [9.17, 15) is 25.2 Å². The van der Waals surface area contributed by atoms with Gasteiger partial charge in [0.1, 0.15) is 35.7 Å². The number of aliphatic hydroxyl groups excluding tert-OH is 3. The van der Waals surface area contributed by atoms with Crippen molar-refractivity contribution in [3.63, 3.8) is 0 Å². The van der Waals surface area contributed by atoms with Crippen molar-refractivity contribution in [1.82, 2.24) is 0 Å². The number of aliphatic imine (C=N–C) groups is 1. The number of aliphatic hydroxyl groups is 3. The van der Waals surface area contributed by atoms with Crippen molar-refractivity contribution in [2.24, 2.45) is 4.99 Å². The van der Waals surface area contributed by atoms with Gasteiger partial charge in [-0.1, -0.05) is 0 Å². The molecule has 1 fully saturated rings. The summed E-state index contributed by atoms with van der Waals surface area (Å²) in [6.07, 6.45) is -5.24. The van der Waals surface area contributed by atoms with Crippen LogP contribution in [-0.2, 0) is 4.74 Å². The normalized spacial score (nSPS) is 29.1. The molecule has 9 heteroatoms. The maximum Gasteiger partial charge on any atom is 0.336 e. The van der Waals surface area contributed by atoms with Crippen molar-refractivity contribution in [2.45, 2.75) is 44.5 Å². The molecule has 0 saturated carbocycles. The second-order valence-electron chi connectivity index (χ2n) is 6.37. The number of benzene rings is 1. The van der Waals surface area contributed by atoms with Crippen LogP contribution in [0.2, 0.25) is 0 Å². The molecule has 146 valence electrons. The average Bonchev–Trinajstić information content (AvgIpc) is 2.60. The van der Waals surface area contributed by atoms with E-state index in [2.05, 4.69) is 4.99 Å². The van der Waals surface area contributed by atoms with Gasteiger partial charge in [-0.2, -0.15) is 0 Å². The quantitative estimate of drug-likeness (QED) is 0.351. The van der Waals surface area contributed by atoms with Crippen molar-refractivity contribution in [3.05, 3.63) is 40.2 Å². The first-order valence-electron chi connectivity index (χ1n) is 8.35. The van der Waals surface area contributed by atoms with Crippen molar-refractivity contribution in [2.75, 3.05) is 6.61 Å². The fourth-order valence-corrected chi connectivity index (χ4v) is 3.02. The van der Waals surface area contributed by atoms with Crippen LogP contribution in [0.15, 0.2) is 38.5 Å². The largest absolute Gasteiger partial charge is 0.862 e. The van der Waals surface area contributed by atoms with Crippen LogP contribution >= 0.6 is 0 Å². The molecule has 3 rings (SSSR count). The molecule has 0 amide bonds. The number of hydrogen-bond acceptors (Lipinski definition) is 9. The lowest BCUT2D eigenvalue weighted by Crippen LogP contribution is -2.59. The molecule has 27 heavy (non-hydrogen) atoms. The summed E-state index contributed by atoms with van der Waals surface area (Å²) in [5.74, 6) is -0.337. The molecule has 9 nitrogen and oxygen atoms in total. The van der Waals surface area contributed by atoms with Crippen LogP contribution in [0.1, 0.15) is 12.5 Å². The van der Waals surface area contributed by atoms with Gasteiger partial charge >= 0.3 is 5.63 Å². The molecule has 1 saturated heterocycles. The Bertz CT molecular complexity index is 904. The van der Waals surface area contributed by atoms with Gasteiger partial charge in [-0.3, -0.25) is 4.99 Å². The first-order valence-corrected chi connectivity index (χ1v) is 8.35. The molecule has 3 N–H and O–H groups in total. The number of rotatable bonds is 4. The average molecular weight is 378 g/mol. The minimum Gasteiger partial charge on any atom is -0.862 e. The molecule has 1 aliphatic heterocycles. The van der Waals surface area contributed by atoms with E-state index in [0.717, 1.165) is 10.9 Å². The topological polar surface area (TPSA) is 145 Å². The van der Waals surface area contributed by atoms with Crippen LogP contribution < -0.4 is 15.5 Å². The van der Waals surface area contributed by atoms with E-state index in [1.165, 1.54) is 19.1 Å². The Kier molecular flexibility index (Phi) is 5.47. The Hall–Kier alpha value is -2.46. The van der Waals surface area contributed by atoms with Crippen molar-refractivity contribution < 1.29 is 34.3 Å². The predicted octanol–water partition coefficient (Wildman–Crippen LogP) is -0.933. The van der Waals surface area contributed by atoms with E-state index in [-0.39, 0.29) is 5.75 Å². The summed E-state index contributed by atoms with van der Waals surface area (Å²) in [5, 5.41) is 41.7. The molecule has 1 aromatic carbocycles. The molecule has 0 unspecified atom stereocenters. The van der Waals surface area contributed by atoms with E-state index in [4.69, 9.17) is 13.9 Å². The molecule has 5 atom stereocenters. The minimum atomic E-state index is -1.47. The summed E-state index contributed by atoms with van der Waals surface area (Å²) < 4.78 is 16.3. The Morgan fingerprint density at radius 3 is 2.70 bits per heavy atom. The summed E-state index contributed by atoms with van der Waals surface area (Å²) in [6, 6.07) is 4.95. The van der Waals surface area contributed by atoms with E-state index in [1.54, 1.807) is 19.1 Å². The second-order valence-corrected chi connectivity index (χ2v) is 6.37. The number of fused-ring (bicyclic) bond motifs is 1. The van der Waals surface area contributed by atoms with Gasteiger partial charge in [0.05, 0.1) is 6.61 Å². The SMILES string of the molecule is CC([O-])=N[C@H]1[C@H](Oc2ccc3c(C)cc(=O)oc3c2)O[C@H](CO)[C@H](O)[C@@H]1O. The van der Waals surface area contributed by atoms with Gasteiger partial charge in [-0.25, -0.2) is 4.79 Å². The highest BCUT2D eigenvalue weighted by atomic mass is 16.7. The molecule has 0 radical (unpaired) electrons. The smallest absolute Gasteiger partial charge is 0.336 e. The van der Waals surface area contributed by atoms with Gasteiger partial charge in [-0.15, -0.1) is 0 Å². The standard InChI is InChI=1S/C18H21NO8/c1-8-5-14(22)26-12-6-10(3-4-11(8)12)25-18-15(19-9(2)21)17(24)16(23)13(7-20)27-18/h3-6,13,15-18,20,23-24H,7H2,1-2H3,(H,19,21)/p-1/t13-,15-,16+,17-,18-/m1/s1. The van der Waals surface area contributed by atoms with E-state index < -0.39 is 48.8 Å². The summed E-state index contributed by atoms with van der Waals surface area (Å²) in [5.41, 5.74) is 0.534. The lowest BCUT2D eigenvalue weighted by molar-refractivity contribution is -0.244. The fraction of sp³-hybridized carbons (Fsp3) is 0.444. The Morgan fingerprint density at radius 2 is 2.04 bits per heavy atom. The van der Waals surface area contributed by atoms with Crippen molar-refractivity contribution in [3.8, 4) is 5.75 Å². The predicted molar refractivity (Wildman–Crippen MR) is 92.5 cm³/mol. The van der Waals surface area contributed by atoms with Gasteiger partial charge in [0, 0.05) is 17.5 Å². The van der Waals surface area contributed by atoms with Crippen LogP contribution in [0.5, 0.6) is 5.75 Å².